The van der Waals surface area contributed by atoms with E-state index in [9.17, 15) is 14.3 Å². The van der Waals surface area contributed by atoms with Gasteiger partial charge in [-0.1, -0.05) is 102 Å². The van der Waals surface area contributed by atoms with Gasteiger partial charge in [-0.25, -0.2) is 4.57 Å². The van der Waals surface area contributed by atoms with Gasteiger partial charge in [0.15, 0.2) is 5.12 Å². The molecule has 0 saturated carbocycles. The van der Waals surface area contributed by atoms with Crippen molar-refractivity contribution >= 4 is 24.7 Å². The third kappa shape index (κ3) is 26.9. The van der Waals surface area contributed by atoms with E-state index in [2.05, 4.69) is 6.92 Å². The minimum atomic E-state index is -4.14. The van der Waals surface area contributed by atoms with Gasteiger partial charge in [0.05, 0.1) is 39.6 Å². The number of ether oxygens (including phenoxy) is 1. The number of quaternary nitrogens is 1. The standard InChI is InChI=1S/C26H54NO6PS/c1-6-7-8-9-10-11-12-13-14-15-16-17-18-19-21-31-23-26(35-25(2)28)24-33-34(29,30)32-22-20-27(3,4)5/h26H,6-24H2,1-5H3/p+1/t26-/m0/s1. The molecule has 0 aliphatic heterocycles. The molecule has 9 heteroatoms. The van der Waals surface area contributed by atoms with E-state index in [1.54, 1.807) is 0 Å². The molecule has 2 atom stereocenters. The lowest BCUT2D eigenvalue weighted by molar-refractivity contribution is -0.870. The van der Waals surface area contributed by atoms with Crippen molar-refractivity contribution < 1.29 is 32.5 Å². The highest BCUT2D eigenvalue weighted by Gasteiger charge is 2.25. The summed E-state index contributed by atoms with van der Waals surface area (Å²) in [7, 11) is 1.78. The molecule has 0 spiro atoms. The predicted molar refractivity (Wildman–Crippen MR) is 148 cm³/mol. The molecule has 210 valence electrons. The molecule has 0 aromatic heterocycles. The molecule has 0 saturated heterocycles. The summed E-state index contributed by atoms with van der Waals surface area (Å²) in [6, 6.07) is 0. The van der Waals surface area contributed by atoms with Crippen LogP contribution in [0.1, 0.15) is 104 Å². The molecule has 7 nitrogen and oxygen atoms in total. The number of nitrogens with zero attached hydrogens (tertiary/aromatic N) is 1. The number of hydrogen-bond acceptors (Lipinski definition) is 6. The van der Waals surface area contributed by atoms with Crippen molar-refractivity contribution in [3.05, 3.63) is 0 Å². The second-order valence-corrected chi connectivity index (χ2v) is 13.4. The third-order valence-electron chi connectivity index (χ3n) is 5.72. The van der Waals surface area contributed by atoms with E-state index >= 15 is 0 Å². The summed E-state index contributed by atoms with van der Waals surface area (Å²) in [4.78, 5) is 21.4. The highest BCUT2D eigenvalue weighted by molar-refractivity contribution is 8.14. The Hall–Kier alpha value is 0.0500. The summed E-state index contributed by atoms with van der Waals surface area (Å²) in [5.74, 6) is 0. The molecular weight excluding hydrogens is 485 g/mol. The first kappa shape index (κ1) is 35.0. The molecule has 0 fully saturated rings. The average molecular weight is 541 g/mol. The number of carbonyl (C=O) groups is 1. The Morgan fingerprint density at radius 1 is 0.800 bits per heavy atom. The van der Waals surface area contributed by atoms with E-state index in [0.29, 0.717) is 24.2 Å². The summed E-state index contributed by atoms with van der Waals surface area (Å²) in [5.41, 5.74) is 0. The van der Waals surface area contributed by atoms with Crippen LogP contribution in [-0.2, 0) is 23.1 Å². The zero-order valence-electron chi connectivity index (χ0n) is 23.3. The summed E-state index contributed by atoms with van der Waals surface area (Å²) in [6.07, 6.45) is 18.4. The van der Waals surface area contributed by atoms with E-state index in [1.807, 2.05) is 21.1 Å². The van der Waals surface area contributed by atoms with Gasteiger partial charge >= 0.3 is 7.82 Å². The van der Waals surface area contributed by atoms with Crippen molar-refractivity contribution in [1.82, 2.24) is 0 Å². The molecule has 0 radical (unpaired) electrons. The maximum absolute atomic E-state index is 12.1. The van der Waals surface area contributed by atoms with Crippen LogP contribution in [0.5, 0.6) is 0 Å². The number of likely N-dealkylation sites (N-methyl/N-ethyl adjacent to an activating group) is 1. The van der Waals surface area contributed by atoms with Crippen molar-refractivity contribution in [2.24, 2.45) is 0 Å². The van der Waals surface area contributed by atoms with Crippen LogP contribution in [0.2, 0.25) is 0 Å². The fraction of sp³-hybridized carbons (Fsp3) is 0.962. The summed E-state index contributed by atoms with van der Waals surface area (Å²) >= 11 is 1.08. The number of rotatable bonds is 25. The third-order valence-corrected chi connectivity index (χ3v) is 7.64. The maximum Gasteiger partial charge on any atom is 0.472 e. The molecule has 0 aliphatic rings. The highest BCUT2D eigenvalue weighted by atomic mass is 32.2. The Kier molecular flexibility index (Phi) is 22.1. The molecule has 0 rings (SSSR count). The van der Waals surface area contributed by atoms with Gasteiger partial charge in [-0.2, -0.15) is 0 Å². The van der Waals surface area contributed by atoms with Crippen LogP contribution < -0.4 is 0 Å². The van der Waals surface area contributed by atoms with Gasteiger partial charge in [0.2, 0.25) is 0 Å². The molecule has 0 aliphatic carbocycles. The lowest BCUT2D eigenvalue weighted by Gasteiger charge is -2.24. The second-order valence-electron chi connectivity index (χ2n) is 10.5. The first-order valence-corrected chi connectivity index (χ1v) is 16.1. The molecule has 0 aromatic rings. The molecule has 1 N–H and O–H groups in total. The lowest BCUT2D eigenvalue weighted by atomic mass is 10.0. The Labute approximate surface area is 220 Å². The number of phosphoric ester groups is 1. The first-order valence-electron chi connectivity index (χ1n) is 13.7. The largest absolute Gasteiger partial charge is 0.472 e. The van der Waals surface area contributed by atoms with Crippen molar-refractivity contribution in [2.75, 3.05) is 54.1 Å². The Bertz CT molecular complexity index is 558. The van der Waals surface area contributed by atoms with Gasteiger partial charge in [-0.05, 0) is 6.42 Å². The Morgan fingerprint density at radius 2 is 1.29 bits per heavy atom. The minimum absolute atomic E-state index is 0.0683. The van der Waals surface area contributed by atoms with Gasteiger partial charge in [-0.15, -0.1) is 0 Å². The van der Waals surface area contributed by atoms with Crippen LogP contribution >= 0.6 is 19.6 Å². The van der Waals surface area contributed by atoms with Crippen molar-refractivity contribution in [2.45, 2.75) is 109 Å². The van der Waals surface area contributed by atoms with Crippen molar-refractivity contribution in [1.29, 1.82) is 0 Å². The normalized spacial score (nSPS) is 14.7. The van der Waals surface area contributed by atoms with Gasteiger partial charge in [0, 0.05) is 13.5 Å². The summed E-state index contributed by atoms with van der Waals surface area (Å²) in [5, 5.41) is -0.404. The van der Waals surface area contributed by atoms with Gasteiger partial charge in [-0.3, -0.25) is 13.8 Å². The van der Waals surface area contributed by atoms with Crippen LogP contribution in [-0.4, -0.2) is 73.9 Å². The second kappa shape index (κ2) is 22.1. The predicted octanol–water partition coefficient (Wildman–Crippen LogP) is 6.97. The van der Waals surface area contributed by atoms with E-state index in [4.69, 9.17) is 13.8 Å². The molecule has 0 heterocycles. The van der Waals surface area contributed by atoms with E-state index in [1.165, 1.54) is 84.0 Å². The van der Waals surface area contributed by atoms with Gasteiger partial charge in [0.25, 0.3) is 0 Å². The number of unbranched alkanes of at least 4 members (excludes halogenated alkanes) is 13. The quantitative estimate of drug-likeness (QED) is 0.0760. The monoisotopic (exact) mass is 540 g/mol. The van der Waals surface area contributed by atoms with Gasteiger partial charge in [0.1, 0.15) is 13.2 Å². The zero-order valence-corrected chi connectivity index (χ0v) is 25.0. The molecular formula is C26H55NO6PS+. The SMILES string of the molecule is CCCCCCCCCCCCCCCCOC[C@@H](COP(=O)(O)OCC[N+](C)(C)C)SC(C)=O. The summed E-state index contributed by atoms with van der Waals surface area (Å²) < 4.78 is 28.6. The van der Waals surface area contributed by atoms with Crippen LogP contribution in [0, 0.1) is 0 Å². The number of phosphoric acid groups is 1. The lowest BCUT2D eigenvalue weighted by Crippen LogP contribution is -2.37. The van der Waals surface area contributed by atoms with Crippen molar-refractivity contribution in [3.63, 3.8) is 0 Å². The highest BCUT2D eigenvalue weighted by Crippen LogP contribution is 2.43. The van der Waals surface area contributed by atoms with Crippen LogP contribution in [0.4, 0.5) is 0 Å². The fourth-order valence-corrected chi connectivity index (χ4v) is 5.23. The maximum atomic E-state index is 12.1. The van der Waals surface area contributed by atoms with Crippen molar-refractivity contribution in [3.8, 4) is 0 Å². The first-order chi connectivity index (χ1) is 16.6. The number of hydrogen-bond donors (Lipinski definition) is 1. The van der Waals surface area contributed by atoms with E-state index in [-0.39, 0.29) is 23.6 Å². The van der Waals surface area contributed by atoms with Crippen LogP contribution in [0.15, 0.2) is 0 Å². The van der Waals surface area contributed by atoms with Crippen LogP contribution in [0.3, 0.4) is 0 Å². The molecule has 0 bridgehead atoms. The average Bonchev–Trinajstić information content (AvgIpc) is 2.75. The molecule has 0 amide bonds. The number of thioether (sulfide) groups is 1. The topological polar surface area (TPSA) is 82.1 Å². The molecule has 1 unspecified atom stereocenters. The molecule has 35 heavy (non-hydrogen) atoms. The smallest absolute Gasteiger partial charge is 0.380 e. The van der Waals surface area contributed by atoms with Gasteiger partial charge < -0.3 is 14.1 Å². The fourth-order valence-electron chi connectivity index (χ4n) is 3.61. The zero-order chi connectivity index (χ0) is 26.4. The summed E-state index contributed by atoms with van der Waals surface area (Å²) in [6.45, 7) is 5.31. The van der Waals surface area contributed by atoms with E-state index in [0.717, 1.165) is 24.6 Å². The van der Waals surface area contributed by atoms with Crippen LogP contribution in [0.25, 0.3) is 0 Å². The minimum Gasteiger partial charge on any atom is -0.380 e. The Morgan fingerprint density at radius 3 is 1.74 bits per heavy atom. The Balaban J connectivity index is 3.77. The van der Waals surface area contributed by atoms with E-state index < -0.39 is 7.82 Å². The molecule has 0 aromatic carbocycles. The number of carbonyl (C=O) groups excluding carboxylic acids is 1.